The number of para-hydroxylation sites is 1. The zero-order chi connectivity index (χ0) is 22.5. The zero-order valence-electron chi connectivity index (χ0n) is 18.5. The Labute approximate surface area is 180 Å². The second kappa shape index (κ2) is 9.62. The summed E-state index contributed by atoms with van der Waals surface area (Å²) in [5.74, 6) is 0.717. The average Bonchev–Trinajstić information content (AvgIpc) is 2.66. The molecule has 0 radical (unpaired) electrons. The van der Waals surface area contributed by atoms with Gasteiger partial charge in [0, 0.05) is 11.2 Å². The van der Waals surface area contributed by atoms with Crippen LogP contribution in [0.2, 0.25) is 0 Å². The summed E-state index contributed by atoms with van der Waals surface area (Å²) in [4.78, 5) is 12.7. The lowest BCUT2D eigenvalue weighted by molar-refractivity contribution is -0.122. The van der Waals surface area contributed by atoms with E-state index in [1.165, 1.54) is 12.1 Å². The van der Waals surface area contributed by atoms with Crippen LogP contribution >= 0.6 is 0 Å². The Kier molecular flexibility index (Phi) is 7.66. The molecule has 2 aromatic carbocycles. The molecule has 0 bridgehead atoms. The van der Waals surface area contributed by atoms with E-state index in [1.54, 1.807) is 39.8 Å². The van der Waals surface area contributed by atoms with Crippen molar-refractivity contribution < 1.29 is 17.9 Å². The number of carbonyl (C=O) groups excluding carboxylic acids is 1. The van der Waals surface area contributed by atoms with Gasteiger partial charge in [-0.3, -0.25) is 4.79 Å². The lowest BCUT2D eigenvalue weighted by Gasteiger charge is -2.21. The van der Waals surface area contributed by atoms with Crippen LogP contribution in [0.25, 0.3) is 0 Å². The van der Waals surface area contributed by atoms with Gasteiger partial charge in [-0.2, -0.15) is 0 Å². The first-order valence-electron chi connectivity index (χ1n) is 10.1. The monoisotopic (exact) mass is 432 g/mol. The number of rotatable bonds is 8. The van der Waals surface area contributed by atoms with Crippen molar-refractivity contribution in [1.82, 2.24) is 4.72 Å². The third kappa shape index (κ3) is 6.57. The van der Waals surface area contributed by atoms with Gasteiger partial charge in [-0.05, 0) is 75.9 Å². The number of benzene rings is 2. The van der Waals surface area contributed by atoms with E-state index >= 15 is 0 Å². The summed E-state index contributed by atoms with van der Waals surface area (Å²) in [5, 5.41) is 2.77. The number of nitrogens with one attached hydrogen (secondary N) is 2. The van der Waals surface area contributed by atoms with Crippen molar-refractivity contribution in [3.63, 3.8) is 0 Å². The summed E-state index contributed by atoms with van der Waals surface area (Å²) in [6, 6.07) is 13.8. The van der Waals surface area contributed by atoms with Gasteiger partial charge in [0.15, 0.2) is 6.10 Å². The van der Waals surface area contributed by atoms with E-state index in [4.69, 9.17) is 4.74 Å². The maximum absolute atomic E-state index is 12.6. The molecule has 2 unspecified atom stereocenters. The number of ether oxygens (including phenoxy) is 1. The maximum Gasteiger partial charge on any atom is 0.265 e. The molecule has 2 rings (SSSR count). The second-order valence-electron chi connectivity index (χ2n) is 8.48. The van der Waals surface area contributed by atoms with E-state index in [2.05, 4.69) is 23.9 Å². The number of anilines is 1. The van der Waals surface area contributed by atoms with Crippen molar-refractivity contribution in [2.45, 2.75) is 70.4 Å². The molecule has 0 aliphatic heterocycles. The molecule has 0 heterocycles. The highest BCUT2D eigenvalue weighted by molar-refractivity contribution is 7.89. The van der Waals surface area contributed by atoms with Crippen LogP contribution in [-0.4, -0.2) is 26.0 Å². The Morgan fingerprint density at radius 3 is 2.20 bits per heavy atom. The summed E-state index contributed by atoms with van der Waals surface area (Å²) in [6.45, 7) is 11.3. The molecule has 0 aromatic heterocycles. The largest absolute Gasteiger partial charge is 0.481 e. The Morgan fingerprint density at radius 2 is 1.63 bits per heavy atom. The Morgan fingerprint density at radius 1 is 1.03 bits per heavy atom. The van der Waals surface area contributed by atoms with Crippen LogP contribution in [0.1, 0.15) is 59.4 Å². The number of sulfonamides is 1. The van der Waals surface area contributed by atoms with E-state index < -0.39 is 21.7 Å². The normalized spacial score (nSPS) is 14.1. The first-order valence-corrected chi connectivity index (χ1v) is 11.6. The SMILES string of the molecule is CCC(C)c1ccccc1OC(C)C(=O)Nc1ccc(S(=O)(=O)NC(C)(C)C)cc1. The van der Waals surface area contributed by atoms with Crippen LogP contribution in [0.3, 0.4) is 0 Å². The Hall–Kier alpha value is -2.38. The molecule has 1 amide bonds. The lowest BCUT2D eigenvalue weighted by atomic mass is 9.98. The van der Waals surface area contributed by atoms with Crippen molar-refractivity contribution in [2.75, 3.05) is 5.32 Å². The zero-order valence-corrected chi connectivity index (χ0v) is 19.3. The standard InChI is InChI=1S/C23H32N2O4S/c1-7-16(2)20-10-8-9-11-21(20)29-17(3)22(26)24-18-12-14-19(15-13-18)30(27,28)25-23(4,5)6/h8-17,25H,7H2,1-6H3,(H,24,26). The molecular formula is C23H32N2O4S. The van der Waals surface area contributed by atoms with Crippen LogP contribution in [0.5, 0.6) is 5.75 Å². The van der Waals surface area contributed by atoms with Gasteiger partial charge in [0.1, 0.15) is 5.75 Å². The molecule has 2 atom stereocenters. The second-order valence-corrected chi connectivity index (χ2v) is 10.2. The summed E-state index contributed by atoms with van der Waals surface area (Å²) >= 11 is 0. The van der Waals surface area contributed by atoms with E-state index in [1.807, 2.05) is 24.3 Å². The van der Waals surface area contributed by atoms with E-state index in [0.29, 0.717) is 17.4 Å². The molecule has 6 nitrogen and oxygen atoms in total. The van der Waals surface area contributed by atoms with Crippen LogP contribution in [-0.2, 0) is 14.8 Å². The van der Waals surface area contributed by atoms with Gasteiger partial charge in [-0.25, -0.2) is 13.1 Å². The molecule has 0 fully saturated rings. The van der Waals surface area contributed by atoms with Crippen LogP contribution in [0, 0.1) is 0 Å². The Balaban J connectivity index is 2.06. The van der Waals surface area contributed by atoms with E-state index in [9.17, 15) is 13.2 Å². The molecule has 30 heavy (non-hydrogen) atoms. The third-order valence-electron chi connectivity index (χ3n) is 4.61. The fraction of sp³-hybridized carbons (Fsp3) is 0.435. The van der Waals surface area contributed by atoms with Gasteiger partial charge in [0.2, 0.25) is 10.0 Å². The molecule has 0 aliphatic carbocycles. The molecule has 2 N–H and O–H groups in total. The number of hydrogen-bond donors (Lipinski definition) is 2. The Bertz CT molecular complexity index is 963. The van der Waals surface area contributed by atoms with E-state index in [0.717, 1.165) is 12.0 Å². The smallest absolute Gasteiger partial charge is 0.265 e. The first-order chi connectivity index (χ1) is 13.9. The molecule has 0 saturated heterocycles. The third-order valence-corrected chi connectivity index (χ3v) is 6.38. The number of amides is 1. The van der Waals surface area contributed by atoms with Gasteiger partial charge < -0.3 is 10.1 Å². The van der Waals surface area contributed by atoms with Crippen LogP contribution in [0.15, 0.2) is 53.4 Å². The lowest BCUT2D eigenvalue weighted by Crippen LogP contribution is -2.40. The predicted molar refractivity (Wildman–Crippen MR) is 120 cm³/mol. The van der Waals surface area contributed by atoms with Gasteiger partial charge >= 0.3 is 0 Å². The van der Waals surface area contributed by atoms with Gasteiger partial charge in [-0.15, -0.1) is 0 Å². The van der Waals surface area contributed by atoms with Crippen molar-refractivity contribution >= 4 is 21.6 Å². The fourth-order valence-corrected chi connectivity index (χ4v) is 4.30. The highest BCUT2D eigenvalue weighted by Gasteiger charge is 2.22. The maximum atomic E-state index is 12.6. The van der Waals surface area contributed by atoms with Crippen LogP contribution in [0.4, 0.5) is 5.69 Å². The predicted octanol–water partition coefficient (Wildman–Crippen LogP) is 4.68. The highest BCUT2D eigenvalue weighted by atomic mass is 32.2. The summed E-state index contributed by atoms with van der Waals surface area (Å²) in [6.07, 6.45) is 0.265. The molecular weight excluding hydrogens is 400 g/mol. The average molecular weight is 433 g/mol. The topological polar surface area (TPSA) is 84.5 Å². The minimum atomic E-state index is -3.62. The molecule has 0 spiro atoms. The van der Waals surface area contributed by atoms with Crippen molar-refractivity contribution in [3.8, 4) is 5.75 Å². The van der Waals surface area contributed by atoms with Gasteiger partial charge in [0.25, 0.3) is 5.91 Å². The quantitative estimate of drug-likeness (QED) is 0.634. The molecule has 0 saturated carbocycles. The molecule has 164 valence electrons. The minimum Gasteiger partial charge on any atom is -0.481 e. The minimum absolute atomic E-state index is 0.141. The summed E-state index contributed by atoms with van der Waals surface area (Å²) in [5.41, 5.74) is 0.991. The summed E-state index contributed by atoms with van der Waals surface area (Å²) in [7, 11) is -3.62. The van der Waals surface area contributed by atoms with Crippen molar-refractivity contribution in [1.29, 1.82) is 0 Å². The van der Waals surface area contributed by atoms with Gasteiger partial charge in [-0.1, -0.05) is 32.0 Å². The van der Waals surface area contributed by atoms with Crippen molar-refractivity contribution in [3.05, 3.63) is 54.1 Å². The molecule has 7 heteroatoms. The fourth-order valence-electron chi connectivity index (χ4n) is 2.88. The number of hydrogen-bond acceptors (Lipinski definition) is 4. The first kappa shape index (κ1) is 23.9. The highest BCUT2D eigenvalue weighted by Crippen LogP contribution is 2.29. The molecule has 2 aromatic rings. The van der Waals surface area contributed by atoms with Crippen molar-refractivity contribution in [2.24, 2.45) is 0 Å². The summed E-state index contributed by atoms with van der Waals surface area (Å²) < 4.78 is 33.3. The van der Waals surface area contributed by atoms with Gasteiger partial charge in [0.05, 0.1) is 4.90 Å². The number of carbonyl (C=O) groups is 1. The molecule has 0 aliphatic rings. The van der Waals surface area contributed by atoms with E-state index in [-0.39, 0.29) is 10.8 Å². The van der Waals surface area contributed by atoms with Crippen LogP contribution < -0.4 is 14.8 Å².